The van der Waals surface area contributed by atoms with Crippen molar-refractivity contribution in [3.8, 4) is 28.7 Å². The van der Waals surface area contributed by atoms with Crippen molar-refractivity contribution < 1.29 is 54.0 Å². The van der Waals surface area contributed by atoms with Gasteiger partial charge in [-0.25, -0.2) is 0 Å². The van der Waals surface area contributed by atoms with Crippen molar-refractivity contribution in [2.24, 2.45) is 0 Å². The summed E-state index contributed by atoms with van der Waals surface area (Å²) in [4.78, 5) is 12.7. The predicted octanol–water partition coefficient (Wildman–Crippen LogP) is 0.295. The van der Waals surface area contributed by atoms with Gasteiger partial charge in [-0.1, -0.05) is 6.07 Å². The first-order chi connectivity index (χ1) is 16.3. The third kappa shape index (κ3) is 4.36. The zero-order chi connectivity index (χ0) is 24.6. The van der Waals surface area contributed by atoms with E-state index in [0.29, 0.717) is 11.3 Å². The molecule has 1 saturated heterocycles. The van der Waals surface area contributed by atoms with Crippen molar-refractivity contribution in [1.29, 1.82) is 0 Å². The van der Waals surface area contributed by atoms with Gasteiger partial charge in [0.2, 0.25) is 6.29 Å². The summed E-state index contributed by atoms with van der Waals surface area (Å²) in [6.45, 7) is -0.588. The Balaban J connectivity index is 1.57. The van der Waals surface area contributed by atoms with E-state index in [9.17, 15) is 30.3 Å². The van der Waals surface area contributed by atoms with E-state index in [2.05, 4.69) is 0 Å². The SMILES string of the molecule is COc1cc(O)c2c(c1)OC(c1ccc(OC3OC(CO)C(O)C(O)C3O)c(OC)c1)CC2=O. The predicted molar refractivity (Wildman–Crippen MR) is 114 cm³/mol. The van der Waals surface area contributed by atoms with Crippen molar-refractivity contribution in [2.45, 2.75) is 43.2 Å². The highest BCUT2D eigenvalue weighted by atomic mass is 16.7. The number of carbonyl (C=O) groups excluding carboxylic acids is 1. The molecule has 11 heteroatoms. The maximum absolute atomic E-state index is 12.7. The minimum Gasteiger partial charge on any atom is -0.507 e. The topological polar surface area (TPSA) is 164 Å². The summed E-state index contributed by atoms with van der Waals surface area (Å²) in [5.74, 6) is 0.386. The normalized spacial score (nSPS) is 28.6. The van der Waals surface area contributed by atoms with Gasteiger partial charge < -0.3 is 49.2 Å². The van der Waals surface area contributed by atoms with Crippen molar-refractivity contribution in [1.82, 2.24) is 0 Å². The van der Waals surface area contributed by atoms with E-state index in [1.807, 2.05) is 0 Å². The van der Waals surface area contributed by atoms with Gasteiger partial charge in [0.05, 0.1) is 27.2 Å². The molecule has 34 heavy (non-hydrogen) atoms. The van der Waals surface area contributed by atoms with Gasteiger partial charge in [-0.3, -0.25) is 4.79 Å². The summed E-state index contributed by atoms with van der Waals surface area (Å²) in [6.07, 6.45) is -7.89. The highest BCUT2D eigenvalue weighted by Gasteiger charge is 2.45. The van der Waals surface area contributed by atoms with E-state index in [1.54, 1.807) is 12.1 Å². The van der Waals surface area contributed by atoms with Gasteiger partial charge in [0.15, 0.2) is 17.3 Å². The summed E-state index contributed by atoms with van der Waals surface area (Å²) in [6, 6.07) is 7.59. The lowest BCUT2D eigenvalue weighted by molar-refractivity contribution is -0.277. The lowest BCUT2D eigenvalue weighted by Gasteiger charge is -2.39. The van der Waals surface area contributed by atoms with Crippen molar-refractivity contribution in [3.05, 3.63) is 41.5 Å². The lowest BCUT2D eigenvalue weighted by Crippen LogP contribution is -2.60. The fourth-order valence-corrected chi connectivity index (χ4v) is 3.99. The van der Waals surface area contributed by atoms with Crippen LogP contribution in [0.3, 0.4) is 0 Å². The van der Waals surface area contributed by atoms with Gasteiger partial charge in [0.25, 0.3) is 0 Å². The van der Waals surface area contributed by atoms with Gasteiger partial charge in [-0.2, -0.15) is 0 Å². The molecule has 11 nitrogen and oxygen atoms in total. The smallest absolute Gasteiger partial charge is 0.229 e. The van der Waals surface area contributed by atoms with E-state index in [4.69, 9.17) is 23.7 Å². The summed E-state index contributed by atoms with van der Waals surface area (Å²) in [5, 5.41) is 49.6. The second kappa shape index (κ2) is 9.65. The highest BCUT2D eigenvalue weighted by Crippen LogP contribution is 2.43. The standard InChI is InChI=1S/C23H26O11/c1-30-11-6-12(25)19-13(26)8-15(32-17(19)7-11)10-3-4-14(16(5-10)31-2)33-23-22(29)21(28)20(27)18(9-24)34-23/h3-7,15,18,20-25,27-29H,8-9H2,1-2H3. The Morgan fingerprint density at radius 2 is 1.76 bits per heavy atom. The molecule has 2 aliphatic heterocycles. The molecule has 2 aromatic rings. The highest BCUT2D eigenvalue weighted by molar-refractivity contribution is 6.02. The maximum atomic E-state index is 12.7. The van der Waals surface area contributed by atoms with Gasteiger partial charge in [0, 0.05) is 12.1 Å². The Morgan fingerprint density at radius 3 is 2.44 bits per heavy atom. The van der Waals surface area contributed by atoms with Gasteiger partial charge in [-0.05, 0) is 17.7 Å². The number of ketones is 1. The molecule has 0 radical (unpaired) electrons. The number of aliphatic hydroxyl groups is 4. The summed E-state index contributed by atoms with van der Waals surface area (Å²) in [5.41, 5.74) is 0.672. The molecule has 2 aliphatic rings. The Kier molecular flexibility index (Phi) is 6.82. The lowest BCUT2D eigenvalue weighted by atomic mass is 9.95. The Bertz CT molecular complexity index is 1050. The molecule has 4 rings (SSSR count). The number of phenolic OH excluding ortho intramolecular Hbond substituents is 1. The Labute approximate surface area is 194 Å². The number of rotatable bonds is 6. The van der Waals surface area contributed by atoms with E-state index in [1.165, 1.54) is 32.4 Å². The van der Waals surface area contributed by atoms with Crippen LogP contribution in [0.4, 0.5) is 0 Å². The summed E-state index contributed by atoms with van der Waals surface area (Å²) >= 11 is 0. The monoisotopic (exact) mass is 478 g/mol. The molecule has 1 fully saturated rings. The van der Waals surface area contributed by atoms with Crippen LogP contribution >= 0.6 is 0 Å². The number of fused-ring (bicyclic) bond motifs is 1. The molecular weight excluding hydrogens is 452 g/mol. The summed E-state index contributed by atoms with van der Waals surface area (Å²) < 4.78 is 27.5. The third-order valence-electron chi connectivity index (χ3n) is 5.86. The van der Waals surface area contributed by atoms with Crippen LogP contribution in [-0.4, -0.2) is 82.8 Å². The zero-order valence-corrected chi connectivity index (χ0v) is 18.5. The number of Topliss-reactive ketones (excluding diaryl/α,β-unsaturated/α-hetero) is 1. The minimum absolute atomic E-state index is 0.0248. The summed E-state index contributed by atoms with van der Waals surface area (Å²) in [7, 11) is 2.83. The van der Waals surface area contributed by atoms with E-state index < -0.39 is 43.4 Å². The van der Waals surface area contributed by atoms with E-state index >= 15 is 0 Å². The van der Waals surface area contributed by atoms with Crippen LogP contribution in [0.1, 0.15) is 28.4 Å². The first kappa shape index (κ1) is 24.0. The fraction of sp³-hybridized carbons (Fsp3) is 0.435. The van der Waals surface area contributed by atoms with Crippen LogP contribution in [0, 0.1) is 0 Å². The first-order valence-electron chi connectivity index (χ1n) is 10.5. The van der Waals surface area contributed by atoms with Gasteiger partial charge in [-0.15, -0.1) is 0 Å². The quantitative estimate of drug-likeness (QED) is 0.388. The molecule has 6 atom stereocenters. The fourth-order valence-electron chi connectivity index (χ4n) is 3.99. The largest absolute Gasteiger partial charge is 0.507 e. The molecule has 5 N–H and O–H groups in total. The molecule has 0 bridgehead atoms. The van der Waals surface area contributed by atoms with Crippen LogP contribution in [0.25, 0.3) is 0 Å². The van der Waals surface area contributed by atoms with Crippen LogP contribution in [0.5, 0.6) is 28.7 Å². The van der Waals surface area contributed by atoms with Gasteiger partial charge >= 0.3 is 0 Å². The van der Waals surface area contributed by atoms with Crippen molar-refractivity contribution in [3.63, 3.8) is 0 Å². The molecule has 0 spiro atoms. The third-order valence-corrected chi connectivity index (χ3v) is 5.86. The average molecular weight is 478 g/mol. The number of aromatic hydroxyl groups is 1. The second-order valence-electron chi connectivity index (χ2n) is 7.98. The molecule has 0 aliphatic carbocycles. The Morgan fingerprint density at radius 1 is 1.00 bits per heavy atom. The number of benzene rings is 2. The molecule has 0 aromatic heterocycles. The molecule has 0 saturated carbocycles. The number of methoxy groups -OCH3 is 2. The molecule has 0 amide bonds. The average Bonchev–Trinajstić information content (AvgIpc) is 2.83. The maximum Gasteiger partial charge on any atom is 0.229 e. The van der Waals surface area contributed by atoms with E-state index in [-0.39, 0.29) is 40.8 Å². The number of carbonyl (C=O) groups is 1. The first-order valence-corrected chi connectivity index (χ1v) is 10.5. The van der Waals surface area contributed by atoms with Crippen LogP contribution in [-0.2, 0) is 4.74 Å². The number of hydrogen-bond acceptors (Lipinski definition) is 11. The number of ether oxygens (including phenoxy) is 5. The molecule has 184 valence electrons. The van der Waals surface area contributed by atoms with Crippen LogP contribution in [0.2, 0.25) is 0 Å². The molecule has 6 unspecified atom stereocenters. The van der Waals surface area contributed by atoms with Crippen molar-refractivity contribution >= 4 is 5.78 Å². The van der Waals surface area contributed by atoms with E-state index in [0.717, 1.165) is 0 Å². The zero-order valence-electron chi connectivity index (χ0n) is 18.5. The molecule has 2 aromatic carbocycles. The number of phenols is 1. The Hall–Kier alpha value is -3.09. The van der Waals surface area contributed by atoms with Crippen LogP contribution in [0.15, 0.2) is 30.3 Å². The molecular formula is C23H26O11. The van der Waals surface area contributed by atoms with Crippen LogP contribution < -0.4 is 18.9 Å². The van der Waals surface area contributed by atoms with Crippen molar-refractivity contribution in [2.75, 3.05) is 20.8 Å². The second-order valence-corrected chi connectivity index (χ2v) is 7.98. The minimum atomic E-state index is -1.59. The number of aliphatic hydroxyl groups excluding tert-OH is 4. The van der Waals surface area contributed by atoms with Gasteiger partial charge in [0.1, 0.15) is 53.3 Å². The molecule has 2 heterocycles. The number of hydrogen-bond donors (Lipinski definition) is 5.